The minimum absolute atomic E-state index is 0.829. The molecule has 1 aromatic rings. The van der Waals surface area contributed by atoms with Gasteiger partial charge in [0, 0.05) is 0 Å². The van der Waals surface area contributed by atoms with E-state index in [0.717, 1.165) is 24.7 Å². The lowest BCUT2D eigenvalue weighted by atomic mass is 10.0. The van der Waals surface area contributed by atoms with Crippen LogP contribution in [0.2, 0.25) is 0 Å². The second kappa shape index (κ2) is 4.26. The van der Waals surface area contributed by atoms with Gasteiger partial charge in [0.15, 0.2) is 0 Å². The van der Waals surface area contributed by atoms with E-state index < -0.39 is 0 Å². The average Bonchev–Trinajstić information content (AvgIpc) is 3.04. The van der Waals surface area contributed by atoms with Gasteiger partial charge in [-0.2, -0.15) is 0 Å². The molecule has 0 radical (unpaired) electrons. The van der Waals surface area contributed by atoms with Crippen LogP contribution in [0.25, 0.3) is 0 Å². The molecule has 0 saturated heterocycles. The Morgan fingerprint density at radius 2 is 1.93 bits per heavy atom. The molecule has 0 N–H and O–H groups in total. The summed E-state index contributed by atoms with van der Waals surface area (Å²) >= 11 is 0. The monoisotopic (exact) mass is 204 g/mol. The van der Waals surface area contributed by atoms with Crippen LogP contribution in [0.4, 0.5) is 0 Å². The molecule has 15 heavy (non-hydrogen) atoms. The summed E-state index contributed by atoms with van der Waals surface area (Å²) in [5, 5.41) is 0. The van der Waals surface area contributed by atoms with Crippen LogP contribution in [-0.4, -0.2) is 6.61 Å². The van der Waals surface area contributed by atoms with E-state index in [2.05, 4.69) is 32.9 Å². The standard InChI is InChI=1S/C14H20O/c1-4-13-7-8-14(11(3)10(13)2)15-9-12-5-6-12/h7-8,12H,4-6,9H2,1-3H3. The van der Waals surface area contributed by atoms with Crippen LogP contribution in [0.3, 0.4) is 0 Å². The minimum Gasteiger partial charge on any atom is -0.493 e. The highest BCUT2D eigenvalue weighted by Gasteiger charge is 2.22. The molecule has 1 nitrogen and oxygen atoms in total. The van der Waals surface area contributed by atoms with Crippen molar-refractivity contribution in [2.75, 3.05) is 6.61 Å². The van der Waals surface area contributed by atoms with Crippen molar-refractivity contribution in [1.29, 1.82) is 0 Å². The molecule has 2 rings (SSSR count). The molecule has 0 aliphatic heterocycles. The Morgan fingerprint density at radius 1 is 1.20 bits per heavy atom. The topological polar surface area (TPSA) is 9.23 Å². The molecule has 0 spiro atoms. The van der Waals surface area contributed by atoms with E-state index in [1.807, 2.05) is 0 Å². The lowest BCUT2D eigenvalue weighted by Crippen LogP contribution is -2.02. The molecule has 0 heterocycles. The van der Waals surface area contributed by atoms with Gasteiger partial charge < -0.3 is 4.74 Å². The minimum atomic E-state index is 0.829. The lowest BCUT2D eigenvalue weighted by molar-refractivity contribution is 0.297. The summed E-state index contributed by atoms with van der Waals surface area (Å²) in [6, 6.07) is 4.33. The summed E-state index contributed by atoms with van der Waals surface area (Å²) in [5.74, 6) is 1.91. The predicted octanol–water partition coefficient (Wildman–Crippen LogP) is 3.65. The van der Waals surface area contributed by atoms with Gasteiger partial charge in [0.05, 0.1) is 6.61 Å². The summed E-state index contributed by atoms with van der Waals surface area (Å²) in [4.78, 5) is 0. The Balaban J connectivity index is 2.12. The highest BCUT2D eigenvalue weighted by Crippen LogP contribution is 2.31. The van der Waals surface area contributed by atoms with Crippen LogP contribution in [0.15, 0.2) is 12.1 Å². The molecule has 0 bridgehead atoms. The van der Waals surface area contributed by atoms with Crippen LogP contribution in [-0.2, 0) is 6.42 Å². The quantitative estimate of drug-likeness (QED) is 0.727. The van der Waals surface area contributed by atoms with Gasteiger partial charge in [0.2, 0.25) is 0 Å². The Kier molecular flexibility index (Phi) is 2.99. The van der Waals surface area contributed by atoms with Crippen LogP contribution >= 0.6 is 0 Å². The number of benzene rings is 1. The molecule has 1 saturated carbocycles. The fourth-order valence-electron chi connectivity index (χ4n) is 1.88. The Hall–Kier alpha value is -0.980. The molecule has 0 aromatic heterocycles. The number of ether oxygens (including phenoxy) is 1. The average molecular weight is 204 g/mol. The fourth-order valence-corrected chi connectivity index (χ4v) is 1.88. The second-order valence-electron chi connectivity index (χ2n) is 4.58. The smallest absolute Gasteiger partial charge is 0.122 e. The number of rotatable bonds is 4. The van der Waals surface area contributed by atoms with Crippen molar-refractivity contribution < 1.29 is 4.74 Å². The van der Waals surface area contributed by atoms with Crippen molar-refractivity contribution in [3.63, 3.8) is 0 Å². The molecular formula is C14H20O. The fraction of sp³-hybridized carbons (Fsp3) is 0.571. The third-order valence-electron chi connectivity index (χ3n) is 3.40. The summed E-state index contributed by atoms with van der Waals surface area (Å²) in [7, 11) is 0. The number of hydrogen-bond acceptors (Lipinski definition) is 1. The summed E-state index contributed by atoms with van der Waals surface area (Å²) in [6.07, 6.45) is 3.81. The van der Waals surface area contributed by atoms with Crippen molar-refractivity contribution >= 4 is 0 Å². The van der Waals surface area contributed by atoms with Crippen LogP contribution in [0.5, 0.6) is 5.75 Å². The summed E-state index contributed by atoms with van der Waals surface area (Å²) in [6.45, 7) is 7.47. The molecule has 0 unspecified atom stereocenters. The molecule has 1 aromatic carbocycles. The predicted molar refractivity (Wildman–Crippen MR) is 63.5 cm³/mol. The van der Waals surface area contributed by atoms with Crippen molar-refractivity contribution in [2.45, 2.75) is 40.0 Å². The van der Waals surface area contributed by atoms with E-state index in [-0.39, 0.29) is 0 Å². The lowest BCUT2D eigenvalue weighted by Gasteiger charge is -2.13. The van der Waals surface area contributed by atoms with E-state index >= 15 is 0 Å². The van der Waals surface area contributed by atoms with Crippen LogP contribution in [0, 0.1) is 19.8 Å². The molecule has 1 fully saturated rings. The van der Waals surface area contributed by atoms with E-state index in [9.17, 15) is 0 Å². The molecule has 1 heteroatoms. The largest absolute Gasteiger partial charge is 0.493 e. The summed E-state index contributed by atoms with van der Waals surface area (Å²) in [5.41, 5.74) is 4.15. The molecule has 1 aliphatic carbocycles. The first-order chi connectivity index (χ1) is 7.22. The van der Waals surface area contributed by atoms with E-state index in [1.165, 1.54) is 29.5 Å². The number of aryl methyl sites for hydroxylation is 1. The van der Waals surface area contributed by atoms with Gasteiger partial charge in [-0.3, -0.25) is 0 Å². The third-order valence-corrected chi connectivity index (χ3v) is 3.40. The van der Waals surface area contributed by atoms with Crippen LogP contribution in [0.1, 0.15) is 36.5 Å². The van der Waals surface area contributed by atoms with Gasteiger partial charge in [-0.15, -0.1) is 0 Å². The van der Waals surface area contributed by atoms with Crippen molar-refractivity contribution in [1.82, 2.24) is 0 Å². The Labute approximate surface area is 92.5 Å². The SMILES string of the molecule is CCc1ccc(OCC2CC2)c(C)c1C. The van der Waals surface area contributed by atoms with Gasteiger partial charge in [0.25, 0.3) is 0 Å². The van der Waals surface area contributed by atoms with Crippen molar-refractivity contribution in [3.05, 3.63) is 28.8 Å². The highest BCUT2D eigenvalue weighted by molar-refractivity contribution is 5.43. The van der Waals surface area contributed by atoms with Crippen LogP contribution < -0.4 is 4.74 Å². The summed E-state index contributed by atoms with van der Waals surface area (Å²) < 4.78 is 5.84. The normalized spacial score (nSPS) is 15.4. The van der Waals surface area contributed by atoms with E-state index in [4.69, 9.17) is 4.74 Å². The molecule has 82 valence electrons. The zero-order valence-electron chi connectivity index (χ0n) is 9.97. The van der Waals surface area contributed by atoms with Gasteiger partial charge in [0.1, 0.15) is 5.75 Å². The molecule has 1 aliphatic rings. The number of hydrogen-bond donors (Lipinski definition) is 0. The maximum absolute atomic E-state index is 5.84. The van der Waals surface area contributed by atoms with Crippen molar-refractivity contribution in [3.8, 4) is 5.75 Å². The maximum Gasteiger partial charge on any atom is 0.122 e. The highest BCUT2D eigenvalue weighted by atomic mass is 16.5. The van der Waals surface area contributed by atoms with E-state index in [0.29, 0.717) is 0 Å². The maximum atomic E-state index is 5.84. The zero-order chi connectivity index (χ0) is 10.8. The molecular weight excluding hydrogens is 184 g/mol. The van der Waals surface area contributed by atoms with E-state index in [1.54, 1.807) is 0 Å². The first kappa shape index (κ1) is 10.5. The Bertz CT molecular complexity index is 351. The van der Waals surface area contributed by atoms with Gasteiger partial charge in [-0.05, 0) is 61.8 Å². The first-order valence-corrected chi connectivity index (χ1v) is 5.94. The third kappa shape index (κ3) is 2.34. The first-order valence-electron chi connectivity index (χ1n) is 5.94. The zero-order valence-corrected chi connectivity index (χ0v) is 9.97. The van der Waals surface area contributed by atoms with Crippen molar-refractivity contribution in [2.24, 2.45) is 5.92 Å². The molecule has 0 atom stereocenters. The second-order valence-corrected chi connectivity index (χ2v) is 4.58. The van der Waals surface area contributed by atoms with Gasteiger partial charge in [-0.1, -0.05) is 13.0 Å². The van der Waals surface area contributed by atoms with Gasteiger partial charge >= 0.3 is 0 Å². The Morgan fingerprint density at radius 3 is 2.53 bits per heavy atom. The van der Waals surface area contributed by atoms with Gasteiger partial charge in [-0.25, -0.2) is 0 Å². The molecule has 0 amide bonds.